The Morgan fingerprint density at radius 2 is 1.94 bits per heavy atom. The van der Waals surface area contributed by atoms with E-state index in [0.717, 1.165) is 10.5 Å². The van der Waals surface area contributed by atoms with Crippen molar-refractivity contribution in [2.24, 2.45) is 0 Å². The molecular weight excluding hydrogens is 254 g/mol. The van der Waals surface area contributed by atoms with Crippen LogP contribution in [0, 0.1) is 0 Å². The van der Waals surface area contributed by atoms with Crippen LogP contribution in [-0.2, 0) is 16.1 Å². The molecule has 1 fully saturated rings. The van der Waals surface area contributed by atoms with Crippen LogP contribution >= 0.6 is 11.8 Å². The Balaban J connectivity index is 2.18. The number of rotatable bonds is 3. The number of carbonyl (C=O) groups is 3. The molecule has 2 amide bonds. The normalized spacial score (nSPS) is 17.6. The van der Waals surface area contributed by atoms with E-state index in [2.05, 4.69) is 0 Å². The number of nitrogens with zero attached hydrogens (tertiary/aromatic N) is 1. The van der Waals surface area contributed by atoms with Crippen LogP contribution in [-0.4, -0.2) is 22.0 Å². The molecule has 1 aromatic rings. The topological polar surface area (TPSA) is 77.5 Å². The van der Waals surface area contributed by atoms with Crippen molar-refractivity contribution >= 4 is 28.9 Å². The predicted octanol–water partition coefficient (Wildman–Crippen LogP) is 0.516. The SMILES string of the molecule is O=C([O-])/C=C1/SC(=O)N(Cc2ccccc2)C1=O. The first-order valence-corrected chi connectivity index (χ1v) is 5.90. The maximum atomic E-state index is 11.8. The van der Waals surface area contributed by atoms with Gasteiger partial charge in [0.1, 0.15) is 0 Å². The smallest absolute Gasteiger partial charge is 0.293 e. The van der Waals surface area contributed by atoms with Gasteiger partial charge in [-0.25, -0.2) is 0 Å². The van der Waals surface area contributed by atoms with Gasteiger partial charge in [0.25, 0.3) is 11.1 Å². The van der Waals surface area contributed by atoms with Gasteiger partial charge < -0.3 is 9.90 Å². The van der Waals surface area contributed by atoms with Gasteiger partial charge in [-0.3, -0.25) is 14.5 Å². The first-order chi connectivity index (χ1) is 8.58. The second-order valence-corrected chi connectivity index (χ2v) is 4.57. The third-order valence-corrected chi connectivity index (χ3v) is 3.21. The molecule has 0 atom stereocenters. The molecule has 92 valence electrons. The van der Waals surface area contributed by atoms with Gasteiger partial charge in [-0.2, -0.15) is 0 Å². The largest absolute Gasteiger partial charge is 0.545 e. The summed E-state index contributed by atoms with van der Waals surface area (Å²) in [5.41, 5.74) is 0.800. The highest BCUT2D eigenvalue weighted by molar-refractivity contribution is 8.18. The summed E-state index contributed by atoms with van der Waals surface area (Å²) in [6.45, 7) is 0.135. The van der Waals surface area contributed by atoms with Gasteiger partial charge in [0.15, 0.2) is 0 Å². The third-order valence-electron chi connectivity index (χ3n) is 2.31. The van der Waals surface area contributed by atoms with Crippen LogP contribution < -0.4 is 5.11 Å². The molecule has 0 spiro atoms. The minimum absolute atomic E-state index is 0.115. The van der Waals surface area contributed by atoms with Gasteiger partial charge in [-0.05, 0) is 23.4 Å². The van der Waals surface area contributed by atoms with Gasteiger partial charge in [0.2, 0.25) is 0 Å². The van der Waals surface area contributed by atoms with E-state index in [-0.39, 0.29) is 11.4 Å². The summed E-state index contributed by atoms with van der Waals surface area (Å²) in [7, 11) is 0. The standard InChI is InChI=1S/C12H9NO4S/c14-10(15)6-9-11(16)13(12(17)18-9)7-8-4-2-1-3-5-8/h1-6H,7H2,(H,14,15)/p-1/b9-6+. The van der Waals surface area contributed by atoms with Crippen LogP contribution in [0.3, 0.4) is 0 Å². The molecular formula is C12H8NO4S-. The predicted molar refractivity (Wildman–Crippen MR) is 63.1 cm³/mol. The lowest BCUT2D eigenvalue weighted by atomic mass is 10.2. The van der Waals surface area contributed by atoms with Crippen molar-refractivity contribution in [3.8, 4) is 0 Å². The van der Waals surface area contributed by atoms with Crippen molar-refractivity contribution < 1.29 is 19.5 Å². The van der Waals surface area contributed by atoms with E-state index in [0.29, 0.717) is 17.8 Å². The lowest BCUT2D eigenvalue weighted by Crippen LogP contribution is -2.28. The summed E-state index contributed by atoms with van der Waals surface area (Å²) in [5.74, 6) is -2.08. The van der Waals surface area contributed by atoms with Crippen LogP contribution in [0.4, 0.5) is 4.79 Å². The van der Waals surface area contributed by atoms with Crippen molar-refractivity contribution in [1.29, 1.82) is 0 Å². The van der Waals surface area contributed by atoms with E-state index in [1.807, 2.05) is 6.07 Å². The van der Waals surface area contributed by atoms with Gasteiger partial charge in [-0.1, -0.05) is 30.3 Å². The highest BCUT2D eigenvalue weighted by atomic mass is 32.2. The van der Waals surface area contributed by atoms with E-state index in [4.69, 9.17) is 0 Å². The highest BCUT2D eigenvalue weighted by Crippen LogP contribution is 2.31. The Morgan fingerprint density at radius 3 is 2.56 bits per heavy atom. The minimum atomic E-state index is -1.49. The Bertz CT molecular complexity index is 538. The van der Waals surface area contributed by atoms with Crippen molar-refractivity contribution in [1.82, 2.24) is 4.90 Å². The lowest BCUT2D eigenvalue weighted by molar-refractivity contribution is -0.297. The molecule has 1 aliphatic rings. The number of aliphatic carboxylic acids is 1. The Hall–Kier alpha value is -2.08. The average Bonchev–Trinajstić information content (AvgIpc) is 2.58. The Labute approximate surface area is 107 Å². The number of hydrogen-bond acceptors (Lipinski definition) is 5. The minimum Gasteiger partial charge on any atom is -0.545 e. The van der Waals surface area contributed by atoms with Crippen molar-refractivity contribution in [2.45, 2.75) is 6.54 Å². The molecule has 0 aliphatic carbocycles. The molecule has 2 rings (SSSR count). The maximum Gasteiger partial charge on any atom is 0.293 e. The van der Waals surface area contributed by atoms with Crippen LogP contribution in [0.2, 0.25) is 0 Å². The molecule has 0 radical (unpaired) electrons. The molecule has 0 N–H and O–H groups in total. The van der Waals surface area contributed by atoms with E-state index in [1.54, 1.807) is 24.3 Å². The maximum absolute atomic E-state index is 11.8. The zero-order valence-corrected chi connectivity index (χ0v) is 9.98. The second kappa shape index (κ2) is 5.05. The molecule has 6 heteroatoms. The molecule has 1 saturated heterocycles. The molecule has 0 aromatic heterocycles. The first kappa shape index (κ1) is 12.4. The van der Waals surface area contributed by atoms with E-state index in [1.165, 1.54) is 0 Å². The summed E-state index contributed by atoms with van der Waals surface area (Å²) < 4.78 is 0. The fourth-order valence-corrected chi connectivity index (χ4v) is 2.31. The highest BCUT2D eigenvalue weighted by Gasteiger charge is 2.34. The number of amides is 2. The summed E-state index contributed by atoms with van der Waals surface area (Å²) in [6, 6.07) is 8.99. The molecule has 0 saturated carbocycles. The monoisotopic (exact) mass is 262 g/mol. The summed E-state index contributed by atoms with van der Waals surface area (Å²) in [4.78, 5) is 34.7. The van der Waals surface area contributed by atoms with Gasteiger partial charge in [0, 0.05) is 0 Å². The summed E-state index contributed by atoms with van der Waals surface area (Å²) in [6.07, 6.45) is 0.649. The van der Waals surface area contributed by atoms with Crippen LogP contribution in [0.25, 0.3) is 0 Å². The number of benzene rings is 1. The Morgan fingerprint density at radius 1 is 1.28 bits per heavy atom. The molecule has 5 nitrogen and oxygen atoms in total. The van der Waals surface area contributed by atoms with E-state index >= 15 is 0 Å². The fourth-order valence-electron chi connectivity index (χ4n) is 1.51. The van der Waals surface area contributed by atoms with Gasteiger partial charge >= 0.3 is 0 Å². The van der Waals surface area contributed by atoms with Gasteiger partial charge in [-0.15, -0.1) is 0 Å². The van der Waals surface area contributed by atoms with Crippen molar-refractivity contribution in [2.75, 3.05) is 0 Å². The lowest BCUT2D eigenvalue weighted by Gasteiger charge is -2.12. The average molecular weight is 262 g/mol. The molecule has 18 heavy (non-hydrogen) atoms. The zero-order chi connectivity index (χ0) is 13.1. The van der Waals surface area contributed by atoms with Crippen molar-refractivity contribution in [3.63, 3.8) is 0 Å². The van der Waals surface area contributed by atoms with Crippen molar-refractivity contribution in [3.05, 3.63) is 46.9 Å². The van der Waals surface area contributed by atoms with Crippen LogP contribution in [0.15, 0.2) is 41.3 Å². The van der Waals surface area contributed by atoms with Crippen LogP contribution in [0.5, 0.6) is 0 Å². The molecule has 1 aliphatic heterocycles. The van der Waals surface area contributed by atoms with E-state index < -0.39 is 17.1 Å². The molecule has 0 bridgehead atoms. The number of carboxylic acid groups (broad SMARTS) is 1. The fraction of sp³-hybridized carbons (Fsp3) is 0.0833. The quantitative estimate of drug-likeness (QED) is 0.742. The second-order valence-electron chi connectivity index (χ2n) is 3.57. The number of thioether (sulfide) groups is 1. The number of imide groups is 1. The number of hydrogen-bond donors (Lipinski definition) is 0. The number of carboxylic acids is 1. The summed E-state index contributed by atoms with van der Waals surface area (Å²) >= 11 is 0.607. The number of carbonyl (C=O) groups excluding carboxylic acids is 3. The Kier molecular flexibility index (Phi) is 3.47. The molecule has 0 unspecified atom stereocenters. The van der Waals surface area contributed by atoms with Gasteiger partial charge in [0.05, 0.1) is 17.4 Å². The van der Waals surface area contributed by atoms with E-state index in [9.17, 15) is 19.5 Å². The third kappa shape index (κ3) is 2.60. The molecule has 1 aromatic carbocycles. The zero-order valence-electron chi connectivity index (χ0n) is 9.16. The summed E-state index contributed by atoms with van der Waals surface area (Å²) in [5, 5.41) is 9.91. The first-order valence-electron chi connectivity index (χ1n) is 5.08. The van der Waals surface area contributed by atoms with Crippen LogP contribution in [0.1, 0.15) is 5.56 Å². The molecule has 1 heterocycles.